The fourth-order valence-corrected chi connectivity index (χ4v) is 4.31. The molecule has 4 heterocycles. The molecule has 1 aromatic carbocycles. The molecule has 2 aliphatic rings. The fraction of sp³-hybridized carbons (Fsp3) is 0.333. The zero-order valence-corrected chi connectivity index (χ0v) is 15.2. The highest BCUT2D eigenvalue weighted by atomic mass is 16.2. The lowest BCUT2D eigenvalue weighted by molar-refractivity contribution is 0.116. The van der Waals surface area contributed by atoms with E-state index in [1.165, 1.54) is 16.5 Å². The molecule has 5 rings (SSSR count). The van der Waals surface area contributed by atoms with Crippen molar-refractivity contribution in [1.82, 2.24) is 24.7 Å². The first-order chi connectivity index (χ1) is 13.3. The van der Waals surface area contributed by atoms with Crippen LogP contribution in [0.25, 0.3) is 10.9 Å². The van der Waals surface area contributed by atoms with Crippen LogP contribution < -0.4 is 0 Å². The van der Waals surface area contributed by atoms with Gasteiger partial charge in [0.2, 0.25) is 0 Å². The molecule has 2 fully saturated rings. The van der Waals surface area contributed by atoms with Crippen molar-refractivity contribution in [2.45, 2.75) is 19.1 Å². The number of nitrogens with one attached hydrogen (secondary N) is 1. The lowest BCUT2D eigenvalue weighted by Crippen LogP contribution is -2.51. The summed E-state index contributed by atoms with van der Waals surface area (Å²) in [7, 11) is 0. The molecule has 0 spiro atoms. The minimum absolute atomic E-state index is 0.150. The third-order valence-electron chi connectivity index (χ3n) is 5.66. The summed E-state index contributed by atoms with van der Waals surface area (Å²) in [5.41, 5.74) is 3.46. The van der Waals surface area contributed by atoms with Crippen LogP contribution >= 0.6 is 0 Å². The Kier molecular flexibility index (Phi) is 4.05. The van der Waals surface area contributed by atoms with Crippen LogP contribution in [0.5, 0.6) is 0 Å². The average molecular weight is 361 g/mol. The molecule has 2 aliphatic heterocycles. The van der Waals surface area contributed by atoms with Gasteiger partial charge >= 0.3 is 6.03 Å². The Hall–Kier alpha value is -2.86. The van der Waals surface area contributed by atoms with Crippen LogP contribution in [0.3, 0.4) is 0 Å². The molecule has 3 aromatic rings. The summed E-state index contributed by atoms with van der Waals surface area (Å²) in [4.78, 5) is 26.9. The lowest BCUT2D eigenvalue weighted by atomic mass is 10.1. The molecule has 2 amide bonds. The molecule has 0 aliphatic carbocycles. The number of nitrogens with zero attached hydrogens (tertiary/aromatic N) is 4. The van der Waals surface area contributed by atoms with Gasteiger partial charge < -0.3 is 14.8 Å². The number of urea groups is 1. The van der Waals surface area contributed by atoms with Crippen molar-refractivity contribution in [3.05, 3.63) is 66.1 Å². The normalized spacial score (nSPS) is 20.4. The van der Waals surface area contributed by atoms with Gasteiger partial charge in [0, 0.05) is 56.0 Å². The molecule has 138 valence electrons. The lowest BCUT2D eigenvalue weighted by Gasteiger charge is -2.36. The largest absolute Gasteiger partial charge is 0.361 e. The summed E-state index contributed by atoms with van der Waals surface area (Å²) < 4.78 is 0. The Bertz CT molecular complexity index is 953. The first-order valence-electron chi connectivity index (χ1n) is 9.51. The summed E-state index contributed by atoms with van der Waals surface area (Å²) in [5.74, 6) is 0. The predicted molar refractivity (Wildman–Crippen MR) is 104 cm³/mol. The molecule has 2 saturated heterocycles. The molecule has 6 heteroatoms. The molecule has 6 nitrogen and oxygen atoms in total. The Labute approximate surface area is 158 Å². The quantitative estimate of drug-likeness (QED) is 0.777. The van der Waals surface area contributed by atoms with Crippen LogP contribution in [0.4, 0.5) is 4.79 Å². The standard InChI is InChI=1S/C21H23N5O/c27-21-25(13-17-5-3-4-8-22-17)15-18-14-24(9-10-26(18)21)12-16-11-23-20-7-2-1-6-19(16)20/h1-8,11,18,23H,9-10,12-15H2. The van der Waals surface area contributed by atoms with Crippen LogP contribution in [0.2, 0.25) is 0 Å². The second-order valence-corrected chi connectivity index (χ2v) is 7.43. The van der Waals surface area contributed by atoms with E-state index in [1.54, 1.807) is 6.20 Å². The summed E-state index contributed by atoms with van der Waals surface area (Å²) in [6.45, 7) is 4.92. The second kappa shape index (κ2) is 6.70. The van der Waals surface area contributed by atoms with E-state index in [0.717, 1.165) is 38.4 Å². The minimum Gasteiger partial charge on any atom is -0.361 e. The number of aromatic nitrogens is 2. The second-order valence-electron chi connectivity index (χ2n) is 7.43. The Morgan fingerprint density at radius 1 is 1.04 bits per heavy atom. The van der Waals surface area contributed by atoms with Crippen molar-refractivity contribution >= 4 is 16.9 Å². The van der Waals surface area contributed by atoms with Crippen LogP contribution in [0, 0.1) is 0 Å². The minimum atomic E-state index is 0.150. The van der Waals surface area contributed by atoms with E-state index >= 15 is 0 Å². The predicted octanol–water partition coefficient (Wildman–Crippen LogP) is 2.68. The number of carbonyl (C=O) groups is 1. The molecule has 1 atom stereocenters. The van der Waals surface area contributed by atoms with Gasteiger partial charge in [-0.1, -0.05) is 24.3 Å². The molecule has 1 unspecified atom stereocenters. The van der Waals surface area contributed by atoms with Gasteiger partial charge in [0.1, 0.15) is 0 Å². The Morgan fingerprint density at radius 2 is 1.93 bits per heavy atom. The highest BCUT2D eigenvalue weighted by Gasteiger charge is 2.40. The average Bonchev–Trinajstić information content (AvgIpc) is 3.24. The third kappa shape index (κ3) is 3.06. The van der Waals surface area contributed by atoms with E-state index in [2.05, 4.69) is 45.3 Å². The van der Waals surface area contributed by atoms with Gasteiger partial charge in [0.25, 0.3) is 0 Å². The van der Waals surface area contributed by atoms with Crippen LogP contribution in [0.15, 0.2) is 54.9 Å². The van der Waals surface area contributed by atoms with Gasteiger partial charge in [-0.05, 0) is 23.8 Å². The molecular weight excluding hydrogens is 338 g/mol. The Balaban J connectivity index is 1.26. The van der Waals surface area contributed by atoms with Crippen LogP contribution in [-0.4, -0.2) is 62.9 Å². The molecule has 27 heavy (non-hydrogen) atoms. The summed E-state index contributed by atoms with van der Waals surface area (Å²) >= 11 is 0. The number of piperazine rings is 1. The topological polar surface area (TPSA) is 55.5 Å². The number of para-hydroxylation sites is 1. The summed E-state index contributed by atoms with van der Waals surface area (Å²) in [6, 6.07) is 14.7. The Morgan fingerprint density at radius 3 is 2.81 bits per heavy atom. The van der Waals surface area contributed by atoms with E-state index in [1.807, 2.05) is 28.0 Å². The number of hydrogen-bond donors (Lipinski definition) is 1. The van der Waals surface area contributed by atoms with Crippen molar-refractivity contribution < 1.29 is 4.79 Å². The fourth-order valence-electron chi connectivity index (χ4n) is 4.31. The SMILES string of the molecule is O=C1N(Cc2ccccn2)CC2CN(Cc3c[nH]c4ccccc34)CCN12. The summed E-state index contributed by atoms with van der Waals surface area (Å²) in [5, 5.41) is 1.29. The number of aromatic amines is 1. The van der Waals surface area contributed by atoms with E-state index in [4.69, 9.17) is 0 Å². The van der Waals surface area contributed by atoms with Gasteiger partial charge in [-0.2, -0.15) is 0 Å². The summed E-state index contributed by atoms with van der Waals surface area (Å²) in [6.07, 6.45) is 3.90. The third-order valence-corrected chi connectivity index (χ3v) is 5.66. The number of hydrogen-bond acceptors (Lipinski definition) is 3. The molecule has 0 saturated carbocycles. The number of pyridine rings is 1. The van der Waals surface area contributed by atoms with Crippen LogP contribution in [-0.2, 0) is 13.1 Å². The van der Waals surface area contributed by atoms with E-state index in [-0.39, 0.29) is 12.1 Å². The number of H-pyrrole nitrogens is 1. The van der Waals surface area contributed by atoms with Gasteiger partial charge in [-0.3, -0.25) is 9.88 Å². The number of benzene rings is 1. The monoisotopic (exact) mass is 361 g/mol. The van der Waals surface area contributed by atoms with Crippen LogP contribution in [0.1, 0.15) is 11.3 Å². The van der Waals surface area contributed by atoms with Crippen molar-refractivity contribution in [2.75, 3.05) is 26.2 Å². The van der Waals surface area contributed by atoms with Gasteiger partial charge in [-0.25, -0.2) is 4.79 Å². The first-order valence-corrected chi connectivity index (χ1v) is 9.51. The molecule has 2 aromatic heterocycles. The highest BCUT2D eigenvalue weighted by Crippen LogP contribution is 2.25. The number of fused-ring (bicyclic) bond motifs is 2. The maximum atomic E-state index is 12.7. The zero-order valence-electron chi connectivity index (χ0n) is 15.2. The van der Waals surface area contributed by atoms with E-state index in [0.29, 0.717) is 6.54 Å². The van der Waals surface area contributed by atoms with Gasteiger partial charge in [0.15, 0.2) is 0 Å². The van der Waals surface area contributed by atoms with Crippen molar-refractivity contribution in [1.29, 1.82) is 0 Å². The van der Waals surface area contributed by atoms with Crippen molar-refractivity contribution in [3.8, 4) is 0 Å². The maximum absolute atomic E-state index is 12.7. The number of carbonyl (C=O) groups excluding carboxylic acids is 1. The first kappa shape index (κ1) is 16.3. The van der Waals surface area contributed by atoms with E-state index < -0.39 is 0 Å². The highest BCUT2D eigenvalue weighted by molar-refractivity contribution is 5.83. The van der Waals surface area contributed by atoms with Crippen molar-refractivity contribution in [2.24, 2.45) is 0 Å². The maximum Gasteiger partial charge on any atom is 0.320 e. The van der Waals surface area contributed by atoms with Gasteiger partial charge in [-0.15, -0.1) is 0 Å². The zero-order chi connectivity index (χ0) is 18.2. The van der Waals surface area contributed by atoms with Gasteiger partial charge in [0.05, 0.1) is 18.3 Å². The van der Waals surface area contributed by atoms with Crippen molar-refractivity contribution in [3.63, 3.8) is 0 Å². The van der Waals surface area contributed by atoms with E-state index in [9.17, 15) is 4.79 Å². The molecule has 1 N–H and O–H groups in total. The number of amides is 2. The smallest absolute Gasteiger partial charge is 0.320 e. The molecule has 0 radical (unpaired) electrons. The number of rotatable bonds is 4. The molecule has 0 bridgehead atoms. The molecular formula is C21H23N5O.